The molecule has 1 amide bonds. The highest BCUT2D eigenvalue weighted by Gasteiger charge is 2.17. The first-order valence-electron chi connectivity index (χ1n) is 8.36. The molecule has 0 bridgehead atoms. The van der Waals surface area contributed by atoms with Gasteiger partial charge in [-0.25, -0.2) is 4.98 Å². The lowest BCUT2D eigenvalue weighted by Crippen LogP contribution is -2.27. The average Bonchev–Trinajstić information content (AvgIpc) is 2.92. The molecule has 0 saturated carbocycles. The molecule has 1 aliphatic rings. The van der Waals surface area contributed by atoms with Gasteiger partial charge in [-0.05, 0) is 37.3 Å². The van der Waals surface area contributed by atoms with Crippen LogP contribution in [-0.2, 0) is 0 Å². The van der Waals surface area contributed by atoms with Crippen molar-refractivity contribution in [1.82, 2.24) is 15.3 Å². The fourth-order valence-corrected chi connectivity index (χ4v) is 2.83. The molecule has 1 aromatic heterocycles. The molecule has 6 nitrogen and oxygen atoms in total. The van der Waals surface area contributed by atoms with Crippen LogP contribution in [0.1, 0.15) is 35.6 Å². The number of fused-ring (bicyclic) bond motifs is 2. The first-order valence-corrected chi connectivity index (χ1v) is 8.36. The predicted molar refractivity (Wildman–Crippen MR) is 94.0 cm³/mol. The minimum Gasteiger partial charge on any atom is -0.490 e. The second-order valence-electron chi connectivity index (χ2n) is 6.05. The zero-order valence-corrected chi connectivity index (χ0v) is 13.9. The van der Waals surface area contributed by atoms with E-state index in [1.165, 1.54) is 0 Å². The number of hydrogen-bond acceptors (Lipinski definition) is 4. The Labute approximate surface area is 145 Å². The second kappa shape index (κ2) is 6.47. The van der Waals surface area contributed by atoms with E-state index < -0.39 is 0 Å². The Bertz CT molecular complexity index is 886. The third kappa shape index (κ3) is 3.15. The fraction of sp³-hybridized carbons (Fsp3) is 0.263. The molecule has 2 aromatic carbocycles. The lowest BCUT2D eigenvalue weighted by atomic mass is 10.1. The number of rotatable bonds is 3. The van der Waals surface area contributed by atoms with Gasteiger partial charge in [-0.2, -0.15) is 0 Å². The molecule has 0 unspecified atom stereocenters. The molecule has 2 heterocycles. The summed E-state index contributed by atoms with van der Waals surface area (Å²) in [4.78, 5) is 20.3. The van der Waals surface area contributed by atoms with Gasteiger partial charge in [0.2, 0.25) is 0 Å². The second-order valence-corrected chi connectivity index (χ2v) is 6.05. The van der Waals surface area contributed by atoms with Crippen LogP contribution in [0.5, 0.6) is 11.5 Å². The topological polar surface area (TPSA) is 76.2 Å². The van der Waals surface area contributed by atoms with Crippen molar-refractivity contribution in [3.05, 3.63) is 53.9 Å². The van der Waals surface area contributed by atoms with Crippen LogP contribution in [-0.4, -0.2) is 29.1 Å². The summed E-state index contributed by atoms with van der Waals surface area (Å²) in [5, 5.41) is 2.97. The molecule has 0 fully saturated rings. The quantitative estimate of drug-likeness (QED) is 0.769. The minimum atomic E-state index is -0.240. The molecule has 128 valence electrons. The number of hydrogen-bond donors (Lipinski definition) is 2. The Morgan fingerprint density at radius 3 is 2.80 bits per heavy atom. The van der Waals surface area contributed by atoms with Gasteiger partial charge in [-0.1, -0.05) is 12.1 Å². The predicted octanol–water partition coefficient (Wildman–Crippen LogP) is 3.22. The van der Waals surface area contributed by atoms with E-state index in [9.17, 15) is 4.79 Å². The van der Waals surface area contributed by atoms with Gasteiger partial charge in [0.1, 0.15) is 5.82 Å². The number of aromatic nitrogens is 2. The third-order valence-electron chi connectivity index (χ3n) is 4.18. The summed E-state index contributed by atoms with van der Waals surface area (Å²) in [6.45, 7) is 3.12. The van der Waals surface area contributed by atoms with Crippen molar-refractivity contribution in [3.8, 4) is 11.5 Å². The molecule has 3 aromatic rings. The summed E-state index contributed by atoms with van der Waals surface area (Å²) >= 11 is 0. The Hall–Kier alpha value is -3.02. The van der Waals surface area contributed by atoms with Crippen LogP contribution in [0.3, 0.4) is 0 Å². The monoisotopic (exact) mass is 337 g/mol. The molecule has 1 atom stereocenters. The molecular weight excluding hydrogens is 318 g/mol. The molecule has 0 saturated heterocycles. The van der Waals surface area contributed by atoms with E-state index in [0.29, 0.717) is 30.3 Å². The summed E-state index contributed by atoms with van der Waals surface area (Å²) in [5.74, 6) is 1.84. The summed E-state index contributed by atoms with van der Waals surface area (Å²) in [6, 6.07) is 12.8. The number of H-pyrrole nitrogens is 1. The van der Waals surface area contributed by atoms with Gasteiger partial charge in [0.05, 0.1) is 30.3 Å². The Morgan fingerprint density at radius 2 is 1.96 bits per heavy atom. The molecule has 6 heteroatoms. The van der Waals surface area contributed by atoms with E-state index in [1.54, 1.807) is 18.2 Å². The van der Waals surface area contributed by atoms with E-state index in [2.05, 4.69) is 15.3 Å². The number of carbonyl (C=O) groups is 1. The molecule has 1 aliphatic heterocycles. The lowest BCUT2D eigenvalue weighted by Gasteiger charge is -2.13. The van der Waals surface area contributed by atoms with Crippen molar-refractivity contribution in [2.45, 2.75) is 19.4 Å². The van der Waals surface area contributed by atoms with E-state index in [4.69, 9.17) is 9.47 Å². The van der Waals surface area contributed by atoms with Gasteiger partial charge in [-0.15, -0.1) is 0 Å². The zero-order chi connectivity index (χ0) is 17.2. The van der Waals surface area contributed by atoms with Crippen LogP contribution < -0.4 is 14.8 Å². The first kappa shape index (κ1) is 15.5. The average molecular weight is 337 g/mol. The van der Waals surface area contributed by atoms with Crippen molar-refractivity contribution in [2.75, 3.05) is 13.2 Å². The number of imidazole rings is 1. The van der Waals surface area contributed by atoms with E-state index in [-0.39, 0.29) is 11.9 Å². The summed E-state index contributed by atoms with van der Waals surface area (Å²) in [6.07, 6.45) is 0.833. The van der Waals surface area contributed by atoms with E-state index in [0.717, 1.165) is 23.3 Å². The van der Waals surface area contributed by atoms with Crippen LogP contribution in [0.4, 0.5) is 0 Å². The van der Waals surface area contributed by atoms with Gasteiger partial charge in [0.25, 0.3) is 5.91 Å². The van der Waals surface area contributed by atoms with Crippen molar-refractivity contribution >= 4 is 16.9 Å². The van der Waals surface area contributed by atoms with Gasteiger partial charge in [0.15, 0.2) is 11.5 Å². The molecule has 0 radical (unpaired) electrons. The SMILES string of the molecule is C[C@@H](NC(=O)c1ccc2c(c1)OCCCO2)c1nc2ccccc2[nH]1. The molecule has 0 spiro atoms. The first-order chi connectivity index (χ1) is 12.2. The standard InChI is InChI=1S/C19H19N3O3/c1-12(18-21-14-5-2-3-6-15(14)22-18)20-19(23)13-7-8-16-17(11-13)25-10-4-9-24-16/h2-3,5-8,11-12H,4,9-10H2,1H3,(H,20,23)(H,21,22)/t12-/m1/s1. The fourth-order valence-electron chi connectivity index (χ4n) is 2.83. The number of benzene rings is 2. The van der Waals surface area contributed by atoms with Crippen LogP contribution in [0, 0.1) is 0 Å². The normalized spacial score (nSPS) is 14.8. The van der Waals surface area contributed by atoms with Crippen molar-refractivity contribution in [2.24, 2.45) is 0 Å². The number of nitrogens with one attached hydrogen (secondary N) is 2. The van der Waals surface area contributed by atoms with Crippen molar-refractivity contribution < 1.29 is 14.3 Å². The summed E-state index contributed by atoms with van der Waals surface area (Å²) in [5.41, 5.74) is 2.37. The van der Waals surface area contributed by atoms with E-state index >= 15 is 0 Å². The Kier molecular flexibility index (Phi) is 4.01. The highest BCUT2D eigenvalue weighted by molar-refractivity contribution is 5.95. The number of ether oxygens (including phenoxy) is 2. The smallest absolute Gasteiger partial charge is 0.251 e. The van der Waals surface area contributed by atoms with Crippen LogP contribution in [0.25, 0.3) is 11.0 Å². The maximum Gasteiger partial charge on any atom is 0.251 e. The highest BCUT2D eigenvalue weighted by Crippen LogP contribution is 2.30. The Morgan fingerprint density at radius 1 is 1.16 bits per heavy atom. The summed E-state index contributed by atoms with van der Waals surface area (Å²) in [7, 11) is 0. The van der Waals surface area contributed by atoms with Crippen LogP contribution in [0.15, 0.2) is 42.5 Å². The van der Waals surface area contributed by atoms with Gasteiger partial charge in [0, 0.05) is 12.0 Å². The van der Waals surface area contributed by atoms with E-state index in [1.807, 2.05) is 31.2 Å². The summed E-state index contributed by atoms with van der Waals surface area (Å²) < 4.78 is 11.2. The van der Waals surface area contributed by atoms with Gasteiger partial charge in [-0.3, -0.25) is 4.79 Å². The van der Waals surface area contributed by atoms with Gasteiger partial charge < -0.3 is 19.8 Å². The molecule has 2 N–H and O–H groups in total. The maximum atomic E-state index is 12.6. The largest absolute Gasteiger partial charge is 0.490 e. The van der Waals surface area contributed by atoms with Gasteiger partial charge >= 0.3 is 0 Å². The lowest BCUT2D eigenvalue weighted by molar-refractivity contribution is 0.0938. The molecular formula is C19H19N3O3. The maximum absolute atomic E-state index is 12.6. The molecule has 0 aliphatic carbocycles. The molecule has 4 rings (SSSR count). The minimum absolute atomic E-state index is 0.177. The highest BCUT2D eigenvalue weighted by atomic mass is 16.5. The number of carbonyl (C=O) groups excluding carboxylic acids is 1. The van der Waals surface area contributed by atoms with Crippen LogP contribution in [0.2, 0.25) is 0 Å². The third-order valence-corrected chi connectivity index (χ3v) is 4.18. The number of aromatic amines is 1. The van der Waals surface area contributed by atoms with Crippen molar-refractivity contribution in [1.29, 1.82) is 0 Å². The zero-order valence-electron chi connectivity index (χ0n) is 13.9. The number of amides is 1. The van der Waals surface area contributed by atoms with Crippen molar-refractivity contribution in [3.63, 3.8) is 0 Å². The molecule has 25 heavy (non-hydrogen) atoms. The van der Waals surface area contributed by atoms with Crippen LogP contribution >= 0.6 is 0 Å². The number of nitrogens with zero attached hydrogens (tertiary/aromatic N) is 1. The number of para-hydroxylation sites is 2. The Balaban J connectivity index is 1.52.